The molecule has 0 spiro atoms. The van der Waals surface area contributed by atoms with Crippen molar-refractivity contribution < 1.29 is 0 Å². The van der Waals surface area contributed by atoms with Crippen molar-refractivity contribution in [1.82, 2.24) is 0 Å². The quantitative estimate of drug-likeness (QED) is 0.475. The van der Waals surface area contributed by atoms with E-state index in [1.807, 2.05) is 0 Å². The third kappa shape index (κ3) is 12.5. The van der Waals surface area contributed by atoms with Gasteiger partial charge in [0.25, 0.3) is 0 Å². The molecular weight excluding hydrogens is 394 g/mol. The van der Waals surface area contributed by atoms with Crippen molar-refractivity contribution in [3.05, 3.63) is 30.3 Å². The fraction of sp³-hybridized carbons (Fsp3) is 0.538. The topological polar surface area (TPSA) is 0 Å². The maximum atomic E-state index is 2.38. The van der Waals surface area contributed by atoms with Crippen LogP contribution in [-0.2, 0) is 0 Å². The van der Waals surface area contributed by atoms with Crippen molar-refractivity contribution in [3.63, 3.8) is 0 Å². The second-order valence-electron chi connectivity index (χ2n) is 5.24. The van der Waals surface area contributed by atoms with Crippen LogP contribution in [0.5, 0.6) is 0 Å². The second-order valence-corrected chi connectivity index (χ2v) is 19.2. The maximum absolute atomic E-state index is 2.38. The van der Waals surface area contributed by atoms with E-state index in [0.29, 0.717) is 5.16 Å². The number of rotatable bonds is 1. The molecule has 1 rings (SSSR count). The molecule has 0 N–H and O–H groups in total. The van der Waals surface area contributed by atoms with E-state index in [0.717, 1.165) is 8.58 Å². The molecule has 2 heteroatoms. The molecule has 0 aliphatic carbocycles. The Morgan fingerprint density at radius 3 is 1.67 bits per heavy atom. The molecule has 0 saturated heterocycles. The van der Waals surface area contributed by atoms with E-state index in [2.05, 4.69) is 64.6 Å². The van der Waals surface area contributed by atoms with Crippen LogP contribution in [0.4, 0.5) is 0 Å². The Morgan fingerprint density at radius 1 is 0.933 bits per heavy atom. The van der Waals surface area contributed by atoms with Crippen molar-refractivity contribution in [3.8, 4) is 0 Å². The summed E-state index contributed by atoms with van der Waals surface area (Å²) < 4.78 is 7.14. The van der Waals surface area contributed by atoms with E-state index in [1.54, 1.807) is 0 Å². The van der Waals surface area contributed by atoms with Gasteiger partial charge in [-0.2, -0.15) is 0 Å². The first-order chi connectivity index (χ1) is 6.81. The minimum absolute atomic E-state index is 0.432. The first-order valence-electron chi connectivity index (χ1n) is 5.41. The van der Waals surface area contributed by atoms with Crippen molar-refractivity contribution in [1.29, 1.82) is 0 Å². The molecule has 1 aromatic carbocycles. The Morgan fingerprint density at radius 2 is 1.33 bits per heavy atom. The zero-order valence-corrected chi connectivity index (χ0v) is 15.8. The predicted molar refractivity (Wildman–Crippen MR) is 77.5 cm³/mol. The van der Waals surface area contributed by atoms with Crippen LogP contribution in [0.1, 0.15) is 20.8 Å². The summed E-state index contributed by atoms with van der Waals surface area (Å²) in [7, 11) is 0.914. The predicted octanol–water partition coefficient (Wildman–Crippen LogP) is 4.16. The molecule has 85 valence electrons. The fourth-order valence-electron chi connectivity index (χ4n) is 0.954. The Labute approximate surface area is 106 Å². The van der Waals surface area contributed by atoms with E-state index in [-0.39, 0.29) is 0 Å². The summed E-state index contributed by atoms with van der Waals surface area (Å²) in [5.41, 5.74) is 0. The van der Waals surface area contributed by atoms with E-state index < -0.39 is 22.7 Å². The molecule has 0 bridgehead atoms. The summed E-state index contributed by atoms with van der Waals surface area (Å²) in [5.74, 6) is 0. The molecule has 1 aromatic rings. The first-order valence-corrected chi connectivity index (χ1v) is 18.1. The Hall–Kier alpha value is 0.572. The third-order valence-corrected chi connectivity index (χ3v) is 2.67. The normalized spacial score (nSPS) is 11.7. The van der Waals surface area contributed by atoms with Gasteiger partial charge in [0.2, 0.25) is 0 Å². The molecule has 0 heterocycles. The van der Waals surface area contributed by atoms with Crippen LogP contribution in [-0.4, -0.2) is 27.9 Å². The van der Waals surface area contributed by atoms with Gasteiger partial charge in [-0.3, -0.25) is 0 Å². The second kappa shape index (κ2) is 7.78. The van der Waals surface area contributed by atoms with Gasteiger partial charge in [0.1, 0.15) is 0 Å². The van der Waals surface area contributed by atoms with Crippen LogP contribution in [0.15, 0.2) is 30.3 Å². The molecule has 0 aliphatic rings. The fourth-order valence-corrected chi connectivity index (χ4v) is 2.18. The van der Waals surface area contributed by atoms with Gasteiger partial charge in [-0.05, 0) is 10.5 Å². The van der Waals surface area contributed by atoms with Gasteiger partial charge < -0.3 is 0 Å². The summed E-state index contributed by atoms with van der Waals surface area (Å²) in [5, 5.41) is 1.89. The summed E-state index contributed by atoms with van der Waals surface area (Å²) in [6.07, 6.45) is 0. The standard InChI is InChI=1S/C10H15P.3CH3.Pb/c1-10(2,3)11-9-7-5-4-6-8-9;;;;/h4-8,11H,1-3H3;3*1H3;. The summed E-state index contributed by atoms with van der Waals surface area (Å²) in [4.78, 5) is 0. The Balaban J connectivity index is 0.000000423. The molecule has 0 aliphatic heterocycles. The molecule has 0 fully saturated rings. The van der Waals surface area contributed by atoms with E-state index in [9.17, 15) is 0 Å². The van der Waals surface area contributed by atoms with Crippen LogP contribution in [0, 0.1) is 0 Å². The molecule has 15 heavy (non-hydrogen) atoms. The van der Waals surface area contributed by atoms with Gasteiger partial charge in [0.05, 0.1) is 0 Å². The summed E-state index contributed by atoms with van der Waals surface area (Å²) in [6.45, 7) is 6.83. The average molecular weight is 419 g/mol. The number of benzene rings is 1. The molecule has 1 atom stereocenters. The van der Waals surface area contributed by atoms with Gasteiger partial charge in [-0.25, -0.2) is 0 Å². The first kappa shape index (κ1) is 15.6. The summed E-state index contributed by atoms with van der Waals surface area (Å²) >= 11 is -0.657. The van der Waals surface area contributed by atoms with E-state index in [4.69, 9.17) is 0 Å². The molecule has 1 radical (unpaired) electrons. The molecule has 0 nitrogen and oxygen atoms in total. The Kier molecular flexibility index (Phi) is 8.08. The molecule has 0 saturated carbocycles. The molecule has 0 amide bonds. The number of hydrogen-bond acceptors (Lipinski definition) is 0. The third-order valence-electron chi connectivity index (χ3n) is 1.29. The molecule has 0 aromatic heterocycles. The summed E-state index contributed by atoms with van der Waals surface area (Å²) in [6, 6.07) is 10.7. The monoisotopic (exact) mass is 419 g/mol. The van der Waals surface area contributed by atoms with Crippen molar-refractivity contribution in [2.45, 2.75) is 39.4 Å². The van der Waals surface area contributed by atoms with Crippen molar-refractivity contribution >= 4 is 36.6 Å². The van der Waals surface area contributed by atoms with Gasteiger partial charge >= 0.3 is 36.2 Å². The number of hydrogen-bond donors (Lipinski definition) is 0. The zero-order valence-electron chi connectivity index (χ0n) is 10.9. The van der Waals surface area contributed by atoms with Crippen molar-refractivity contribution in [2.75, 3.05) is 0 Å². The van der Waals surface area contributed by atoms with Crippen LogP contribution in [0.25, 0.3) is 0 Å². The van der Waals surface area contributed by atoms with Crippen LogP contribution in [0.3, 0.4) is 0 Å². The molecular formula is C13H24PPb. The average Bonchev–Trinajstić information content (AvgIpc) is 2.01. The van der Waals surface area contributed by atoms with Gasteiger partial charge in [0, 0.05) is 0 Å². The van der Waals surface area contributed by atoms with Gasteiger partial charge in [0.15, 0.2) is 0 Å². The Bertz CT molecular complexity index is 246. The minimum atomic E-state index is -0.657. The van der Waals surface area contributed by atoms with Crippen molar-refractivity contribution in [2.24, 2.45) is 0 Å². The van der Waals surface area contributed by atoms with Gasteiger partial charge in [-0.1, -0.05) is 59.7 Å². The van der Waals surface area contributed by atoms with Gasteiger partial charge in [-0.15, -0.1) is 0 Å². The molecule has 1 unspecified atom stereocenters. The SMILES string of the molecule is CC(C)(C)Pc1ccccc1.[CH3][Pb]([CH3])[CH3]. The van der Waals surface area contributed by atoms with Crippen LogP contribution >= 0.6 is 8.58 Å². The van der Waals surface area contributed by atoms with E-state index in [1.165, 1.54) is 5.30 Å². The zero-order chi connectivity index (χ0) is 11.9. The van der Waals surface area contributed by atoms with Crippen LogP contribution in [0.2, 0.25) is 13.4 Å². The van der Waals surface area contributed by atoms with E-state index >= 15 is 0 Å². The van der Waals surface area contributed by atoms with Crippen LogP contribution < -0.4 is 5.30 Å².